The topological polar surface area (TPSA) is 40.0 Å². The summed E-state index contributed by atoms with van der Waals surface area (Å²) >= 11 is 0. The van der Waals surface area contributed by atoms with Gasteiger partial charge >= 0.3 is 0 Å². The van der Waals surface area contributed by atoms with Gasteiger partial charge in [0.25, 0.3) is 0 Å². The molecule has 0 saturated carbocycles. The summed E-state index contributed by atoms with van der Waals surface area (Å²) in [7, 11) is 0. The lowest BCUT2D eigenvalue weighted by atomic mass is 10.0. The highest BCUT2D eigenvalue weighted by atomic mass is 19.1. The Kier molecular flexibility index (Phi) is 8.30. The summed E-state index contributed by atoms with van der Waals surface area (Å²) in [5.74, 6) is -0.619. The maximum Gasteiger partial charge on any atom is 0.192 e. The van der Waals surface area contributed by atoms with E-state index in [1.165, 1.54) is 18.3 Å². The van der Waals surface area contributed by atoms with Gasteiger partial charge in [0.1, 0.15) is 29.7 Å². The Morgan fingerprint density at radius 2 is 1.68 bits per heavy atom. The van der Waals surface area contributed by atoms with Crippen LogP contribution in [0.25, 0.3) is 5.57 Å². The second-order valence-corrected chi connectivity index (χ2v) is 5.50. The average Bonchev–Trinajstić information content (AvgIpc) is 2.68. The molecule has 0 aliphatic carbocycles. The molecule has 0 amide bonds. The van der Waals surface area contributed by atoms with E-state index in [2.05, 4.69) is 16.3 Å². The van der Waals surface area contributed by atoms with Gasteiger partial charge in [-0.25, -0.2) is 13.2 Å². The van der Waals surface area contributed by atoms with Crippen LogP contribution in [0.5, 0.6) is 11.5 Å². The van der Waals surface area contributed by atoms with Crippen LogP contribution in [0.15, 0.2) is 60.2 Å². The van der Waals surface area contributed by atoms with Crippen LogP contribution in [0.3, 0.4) is 0 Å². The lowest BCUT2D eigenvalue weighted by Gasteiger charge is -2.11. The number of alkyl halides is 1. The minimum absolute atomic E-state index is 0.191. The van der Waals surface area contributed by atoms with Gasteiger partial charge in [-0.05, 0) is 60.5 Å². The van der Waals surface area contributed by atoms with E-state index in [1.807, 2.05) is 0 Å². The van der Waals surface area contributed by atoms with Crippen molar-refractivity contribution in [2.24, 2.45) is 4.99 Å². The molecule has 0 atom stereocenters. The molecule has 2 rings (SSSR count). The molecule has 0 fully saturated rings. The summed E-state index contributed by atoms with van der Waals surface area (Å²) in [6.07, 6.45) is 4.64. The third-order valence-corrected chi connectivity index (χ3v) is 3.62. The van der Waals surface area contributed by atoms with Gasteiger partial charge in [0.15, 0.2) is 13.7 Å². The molecule has 0 unspecified atom stereocenters. The first-order valence-corrected chi connectivity index (χ1v) is 8.36. The first kappa shape index (κ1) is 21.2. The molecule has 148 valence electrons. The number of benzene rings is 2. The van der Waals surface area contributed by atoms with Gasteiger partial charge in [-0.3, -0.25) is 4.99 Å². The minimum atomic E-state index is -0.937. The van der Waals surface area contributed by atoms with Gasteiger partial charge in [-0.1, -0.05) is 6.58 Å². The number of rotatable bonds is 10. The molecule has 0 aliphatic rings. The van der Waals surface area contributed by atoms with Gasteiger partial charge in [0.2, 0.25) is 0 Å². The molecule has 0 bridgehead atoms. The fourth-order valence-corrected chi connectivity index (χ4v) is 2.17. The van der Waals surface area contributed by atoms with Crippen LogP contribution in [-0.4, -0.2) is 19.9 Å². The van der Waals surface area contributed by atoms with Crippen molar-refractivity contribution in [3.05, 3.63) is 78.0 Å². The summed E-state index contributed by atoms with van der Waals surface area (Å²) in [6, 6.07) is 8.67. The molecule has 0 radical (unpaired) electrons. The second kappa shape index (κ2) is 10.9. The van der Waals surface area contributed by atoms with Crippen molar-refractivity contribution in [1.82, 2.24) is 0 Å². The highest BCUT2D eigenvalue weighted by molar-refractivity contribution is 5.72. The van der Waals surface area contributed by atoms with Crippen molar-refractivity contribution in [2.45, 2.75) is 13.5 Å². The third kappa shape index (κ3) is 6.28. The lowest BCUT2D eigenvalue weighted by Crippen LogP contribution is -2.04. The molecule has 0 aromatic heterocycles. The van der Waals surface area contributed by atoms with E-state index < -0.39 is 18.5 Å². The Morgan fingerprint density at radius 1 is 1.07 bits per heavy atom. The van der Waals surface area contributed by atoms with Crippen LogP contribution < -0.4 is 9.47 Å². The smallest absolute Gasteiger partial charge is 0.192 e. The van der Waals surface area contributed by atoms with Gasteiger partial charge in [-0.15, -0.1) is 0 Å². The summed E-state index contributed by atoms with van der Waals surface area (Å²) in [5, 5.41) is 0. The summed E-state index contributed by atoms with van der Waals surface area (Å²) in [4.78, 5) is 3.88. The van der Waals surface area contributed by atoms with Gasteiger partial charge in [0.05, 0.1) is 5.56 Å². The molecule has 0 saturated heterocycles. The second-order valence-electron chi connectivity index (χ2n) is 5.50. The summed E-state index contributed by atoms with van der Waals surface area (Å²) in [6.45, 7) is 4.08. The van der Waals surface area contributed by atoms with Crippen LogP contribution in [0.1, 0.15) is 18.1 Å². The Bertz CT molecular complexity index is 825. The standard InChI is InChI=1S/C21H20F3NO3/c1-3-25-9-8-15(2)16-10-20(23)19(21(24)11-16)12-27-17-4-6-18(7-5-17)28-14-26-13-22/h3-11H,2,12-14H2,1H3/b9-8-,25-3?. The van der Waals surface area contributed by atoms with E-state index in [0.717, 1.165) is 0 Å². The minimum Gasteiger partial charge on any atom is -0.489 e. The fourth-order valence-electron chi connectivity index (χ4n) is 2.17. The van der Waals surface area contributed by atoms with Gasteiger partial charge < -0.3 is 14.2 Å². The predicted molar refractivity (Wildman–Crippen MR) is 102 cm³/mol. The third-order valence-electron chi connectivity index (χ3n) is 3.62. The number of aliphatic imine (C=N–C) groups is 1. The molecule has 2 aromatic rings. The quantitative estimate of drug-likeness (QED) is 0.234. The lowest BCUT2D eigenvalue weighted by molar-refractivity contribution is -0.0284. The molecular formula is C21H20F3NO3. The number of hydrogen-bond donors (Lipinski definition) is 0. The molecule has 4 nitrogen and oxygen atoms in total. The number of halogens is 3. The maximum absolute atomic E-state index is 14.3. The monoisotopic (exact) mass is 391 g/mol. The van der Waals surface area contributed by atoms with E-state index >= 15 is 0 Å². The Labute approximate surface area is 161 Å². The van der Waals surface area contributed by atoms with Crippen LogP contribution in [0, 0.1) is 11.6 Å². The zero-order valence-electron chi connectivity index (χ0n) is 15.3. The van der Waals surface area contributed by atoms with E-state index in [4.69, 9.17) is 9.47 Å². The summed E-state index contributed by atoms with van der Waals surface area (Å²) < 4.78 is 55.4. The zero-order chi connectivity index (χ0) is 20.4. The highest BCUT2D eigenvalue weighted by Crippen LogP contribution is 2.24. The molecular weight excluding hydrogens is 371 g/mol. The predicted octanol–water partition coefficient (Wildman–Crippen LogP) is 5.44. The molecule has 0 heterocycles. The van der Waals surface area contributed by atoms with E-state index in [1.54, 1.807) is 43.5 Å². The largest absolute Gasteiger partial charge is 0.489 e. The molecule has 28 heavy (non-hydrogen) atoms. The Hall–Kier alpha value is -3.06. The van der Waals surface area contributed by atoms with Crippen molar-refractivity contribution >= 4 is 11.8 Å². The van der Waals surface area contributed by atoms with Crippen LogP contribution in [-0.2, 0) is 11.3 Å². The first-order chi connectivity index (χ1) is 13.5. The van der Waals surface area contributed by atoms with Crippen molar-refractivity contribution in [3.63, 3.8) is 0 Å². The number of allylic oxidation sites excluding steroid dienone is 2. The number of ether oxygens (including phenoxy) is 3. The van der Waals surface area contributed by atoms with E-state index in [0.29, 0.717) is 22.6 Å². The first-order valence-electron chi connectivity index (χ1n) is 8.36. The normalized spacial score (nSPS) is 11.3. The number of nitrogens with zero attached hydrogens (tertiary/aromatic N) is 1. The van der Waals surface area contributed by atoms with Crippen LogP contribution in [0.4, 0.5) is 13.2 Å². The Morgan fingerprint density at radius 3 is 2.25 bits per heavy atom. The summed E-state index contributed by atoms with van der Waals surface area (Å²) in [5.41, 5.74) is 0.560. The highest BCUT2D eigenvalue weighted by Gasteiger charge is 2.13. The molecule has 7 heteroatoms. The van der Waals surface area contributed by atoms with Crippen LogP contribution >= 0.6 is 0 Å². The van der Waals surface area contributed by atoms with Crippen molar-refractivity contribution in [3.8, 4) is 11.5 Å². The Balaban J connectivity index is 2.01. The molecule has 0 spiro atoms. The van der Waals surface area contributed by atoms with Crippen molar-refractivity contribution < 1.29 is 27.4 Å². The van der Waals surface area contributed by atoms with E-state index in [-0.39, 0.29) is 19.0 Å². The molecule has 0 N–H and O–H groups in total. The fraction of sp³-hybridized carbons (Fsp3) is 0.190. The van der Waals surface area contributed by atoms with Crippen LogP contribution in [0.2, 0.25) is 0 Å². The molecule has 2 aromatic carbocycles. The number of hydrogen-bond acceptors (Lipinski definition) is 4. The SMILES string of the molecule is C=C(/C=C\N=CC)c1cc(F)c(COc2ccc(OCOCF)cc2)c(F)c1. The zero-order valence-corrected chi connectivity index (χ0v) is 15.3. The maximum atomic E-state index is 14.3. The average molecular weight is 391 g/mol. The van der Waals surface area contributed by atoms with Crippen molar-refractivity contribution in [1.29, 1.82) is 0 Å². The van der Waals surface area contributed by atoms with Gasteiger partial charge in [0, 0.05) is 12.4 Å². The van der Waals surface area contributed by atoms with E-state index in [9.17, 15) is 13.2 Å². The van der Waals surface area contributed by atoms with Gasteiger partial charge in [-0.2, -0.15) is 0 Å². The van der Waals surface area contributed by atoms with Crippen molar-refractivity contribution in [2.75, 3.05) is 13.7 Å². The molecule has 0 aliphatic heterocycles.